The van der Waals surface area contributed by atoms with Gasteiger partial charge in [-0.2, -0.15) is 0 Å². The van der Waals surface area contributed by atoms with Gasteiger partial charge in [-0.05, 0) is 30.7 Å². The molecule has 0 aliphatic heterocycles. The summed E-state index contributed by atoms with van der Waals surface area (Å²) in [5, 5.41) is 12.7. The Balaban J connectivity index is 1.91. The normalized spacial score (nSPS) is 24.2. The van der Waals surface area contributed by atoms with E-state index in [0.29, 0.717) is 6.04 Å². The van der Waals surface area contributed by atoms with Crippen LogP contribution in [-0.2, 0) is 6.61 Å². The van der Waals surface area contributed by atoms with Gasteiger partial charge in [0.05, 0.1) is 6.61 Å². The molecule has 1 fully saturated rings. The molecule has 2 N–H and O–H groups in total. The molecule has 0 amide bonds. The summed E-state index contributed by atoms with van der Waals surface area (Å²) < 4.78 is 0. The van der Waals surface area contributed by atoms with Gasteiger partial charge in [-0.3, -0.25) is 0 Å². The molecule has 0 atom stereocenters. The Hall–Kier alpha value is -1.02. The summed E-state index contributed by atoms with van der Waals surface area (Å²) in [5.41, 5.74) is 2.09. The first-order chi connectivity index (χ1) is 7.70. The summed E-state index contributed by atoms with van der Waals surface area (Å²) in [7, 11) is 0. The number of aliphatic hydroxyl groups is 1. The quantitative estimate of drug-likeness (QED) is 0.816. The maximum absolute atomic E-state index is 9.22. The topological polar surface area (TPSA) is 32.3 Å². The molecule has 0 saturated heterocycles. The number of aliphatic hydroxyl groups excluding tert-OH is 1. The predicted molar refractivity (Wildman–Crippen MR) is 67.3 cm³/mol. The molecular formula is C14H21NO. The number of nitrogens with one attached hydrogen (secondary N) is 1. The van der Waals surface area contributed by atoms with Crippen molar-refractivity contribution in [1.29, 1.82) is 0 Å². The second-order valence-electron chi connectivity index (χ2n) is 5.13. The van der Waals surface area contributed by atoms with Gasteiger partial charge < -0.3 is 10.4 Å². The van der Waals surface area contributed by atoms with E-state index in [2.05, 4.69) is 19.2 Å². The van der Waals surface area contributed by atoms with Crippen LogP contribution < -0.4 is 5.32 Å². The van der Waals surface area contributed by atoms with Gasteiger partial charge in [-0.25, -0.2) is 0 Å². The van der Waals surface area contributed by atoms with E-state index in [9.17, 15) is 5.11 Å². The van der Waals surface area contributed by atoms with Gasteiger partial charge in [0.2, 0.25) is 0 Å². The van der Waals surface area contributed by atoms with Crippen molar-refractivity contribution < 1.29 is 5.11 Å². The van der Waals surface area contributed by atoms with E-state index >= 15 is 0 Å². The molecular weight excluding hydrogens is 198 g/mol. The monoisotopic (exact) mass is 219 g/mol. The molecule has 2 heteroatoms. The van der Waals surface area contributed by atoms with E-state index in [1.165, 1.54) is 12.8 Å². The minimum Gasteiger partial charge on any atom is -0.392 e. The van der Waals surface area contributed by atoms with E-state index in [1.54, 1.807) is 0 Å². The molecule has 88 valence electrons. The zero-order valence-corrected chi connectivity index (χ0v) is 10.1. The molecule has 0 unspecified atom stereocenters. The third-order valence-electron chi connectivity index (χ3n) is 3.66. The Morgan fingerprint density at radius 2 is 2.00 bits per heavy atom. The van der Waals surface area contributed by atoms with Crippen LogP contribution in [0.2, 0.25) is 0 Å². The fraction of sp³-hybridized carbons (Fsp3) is 0.571. The van der Waals surface area contributed by atoms with Gasteiger partial charge in [-0.1, -0.05) is 32.0 Å². The average molecular weight is 219 g/mol. The van der Waals surface area contributed by atoms with Gasteiger partial charge in [-0.15, -0.1) is 0 Å². The Labute approximate surface area is 97.7 Å². The van der Waals surface area contributed by atoms with Crippen LogP contribution in [0.15, 0.2) is 24.3 Å². The lowest BCUT2D eigenvalue weighted by Crippen LogP contribution is -2.38. The highest BCUT2D eigenvalue weighted by Gasteiger charge is 2.31. The van der Waals surface area contributed by atoms with Gasteiger partial charge >= 0.3 is 0 Å². The first-order valence-electron chi connectivity index (χ1n) is 6.16. The number of benzene rings is 1. The molecule has 1 aromatic carbocycles. The minimum absolute atomic E-state index is 0.115. The first kappa shape index (κ1) is 11.5. The number of hydrogen-bond acceptors (Lipinski definition) is 2. The largest absolute Gasteiger partial charge is 0.392 e. The summed E-state index contributed by atoms with van der Waals surface area (Å²) in [6, 6.07) is 8.60. The fourth-order valence-corrected chi connectivity index (χ4v) is 2.34. The van der Waals surface area contributed by atoms with Crippen molar-refractivity contribution in [2.75, 3.05) is 5.32 Å². The van der Waals surface area contributed by atoms with Crippen molar-refractivity contribution in [2.45, 2.75) is 39.3 Å². The molecule has 0 heterocycles. The molecule has 1 aromatic rings. The van der Waals surface area contributed by atoms with Crippen LogP contribution in [-0.4, -0.2) is 11.1 Å². The molecule has 2 nitrogen and oxygen atoms in total. The van der Waals surface area contributed by atoms with Crippen molar-refractivity contribution in [3.63, 3.8) is 0 Å². The smallest absolute Gasteiger partial charge is 0.0701 e. The number of para-hydroxylation sites is 1. The lowest BCUT2D eigenvalue weighted by Gasteiger charge is -2.39. The van der Waals surface area contributed by atoms with E-state index < -0.39 is 0 Å². The molecule has 0 spiro atoms. The number of rotatable bonds is 4. The highest BCUT2D eigenvalue weighted by Crippen LogP contribution is 2.35. The van der Waals surface area contributed by atoms with E-state index in [1.807, 2.05) is 24.3 Å². The van der Waals surface area contributed by atoms with Gasteiger partial charge in [0.25, 0.3) is 0 Å². The van der Waals surface area contributed by atoms with Crippen LogP contribution in [0.3, 0.4) is 0 Å². The van der Waals surface area contributed by atoms with E-state index in [4.69, 9.17) is 0 Å². The average Bonchev–Trinajstić information content (AvgIpc) is 2.22. The number of anilines is 1. The molecule has 0 bridgehead atoms. The summed E-state index contributed by atoms with van der Waals surface area (Å²) in [6.45, 7) is 4.70. The lowest BCUT2D eigenvalue weighted by molar-refractivity contribution is 0.211. The highest BCUT2D eigenvalue weighted by atomic mass is 16.3. The molecule has 0 aromatic heterocycles. The van der Waals surface area contributed by atoms with Gasteiger partial charge in [0.1, 0.15) is 0 Å². The van der Waals surface area contributed by atoms with Gasteiger partial charge in [0.15, 0.2) is 0 Å². The van der Waals surface area contributed by atoms with E-state index in [-0.39, 0.29) is 6.61 Å². The zero-order valence-electron chi connectivity index (χ0n) is 10.1. The van der Waals surface area contributed by atoms with Crippen molar-refractivity contribution >= 4 is 5.69 Å². The second kappa shape index (κ2) is 4.88. The second-order valence-corrected chi connectivity index (χ2v) is 5.13. The third-order valence-corrected chi connectivity index (χ3v) is 3.66. The van der Waals surface area contributed by atoms with Crippen LogP contribution in [0, 0.1) is 11.8 Å². The maximum Gasteiger partial charge on any atom is 0.0701 e. The Morgan fingerprint density at radius 3 is 2.62 bits per heavy atom. The van der Waals surface area contributed by atoms with Crippen LogP contribution in [0.25, 0.3) is 0 Å². The van der Waals surface area contributed by atoms with Crippen LogP contribution in [0.4, 0.5) is 5.69 Å². The summed E-state index contributed by atoms with van der Waals surface area (Å²) in [5.74, 6) is 1.67. The maximum atomic E-state index is 9.22. The zero-order chi connectivity index (χ0) is 11.5. The molecule has 16 heavy (non-hydrogen) atoms. The molecule has 2 rings (SSSR count). The SMILES string of the molecule is CC(C)C1CC(Nc2ccccc2CO)C1. The Morgan fingerprint density at radius 1 is 1.31 bits per heavy atom. The van der Waals surface area contributed by atoms with Crippen LogP contribution in [0.1, 0.15) is 32.3 Å². The van der Waals surface area contributed by atoms with E-state index in [0.717, 1.165) is 23.1 Å². The van der Waals surface area contributed by atoms with Crippen LogP contribution >= 0.6 is 0 Å². The third kappa shape index (κ3) is 2.38. The summed E-state index contributed by atoms with van der Waals surface area (Å²) in [6.07, 6.45) is 2.52. The highest BCUT2D eigenvalue weighted by molar-refractivity contribution is 5.51. The molecule has 1 aliphatic rings. The summed E-state index contributed by atoms with van der Waals surface area (Å²) >= 11 is 0. The molecule has 0 radical (unpaired) electrons. The van der Waals surface area contributed by atoms with Gasteiger partial charge in [0, 0.05) is 17.3 Å². The molecule has 1 aliphatic carbocycles. The number of hydrogen-bond donors (Lipinski definition) is 2. The van der Waals surface area contributed by atoms with Crippen molar-refractivity contribution in [3.8, 4) is 0 Å². The molecule has 1 saturated carbocycles. The predicted octanol–water partition coefficient (Wildman–Crippen LogP) is 3.03. The first-order valence-corrected chi connectivity index (χ1v) is 6.16. The van der Waals surface area contributed by atoms with Crippen LogP contribution in [0.5, 0.6) is 0 Å². The fourth-order valence-electron chi connectivity index (χ4n) is 2.34. The standard InChI is InChI=1S/C14H21NO/c1-10(2)12-7-13(8-12)15-14-6-4-3-5-11(14)9-16/h3-6,10,12-13,15-16H,7-9H2,1-2H3. The van der Waals surface area contributed by atoms with Crippen molar-refractivity contribution in [2.24, 2.45) is 11.8 Å². The Bertz CT molecular complexity index is 342. The van der Waals surface area contributed by atoms with Crippen molar-refractivity contribution in [1.82, 2.24) is 0 Å². The summed E-state index contributed by atoms with van der Waals surface area (Å²) in [4.78, 5) is 0. The lowest BCUT2D eigenvalue weighted by atomic mass is 9.73. The van der Waals surface area contributed by atoms with Crippen molar-refractivity contribution in [3.05, 3.63) is 29.8 Å². The minimum atomic E-state index is 0.115. The Kier molecular flexibility index (Phi) is 3.49.